The Balaban J connectivity index is 2.38. The van der Waals surface area contributed by atoms with Gasteiger partial charge in [0.15, 0.2) is 0 Å². The van der Waals surface area contributed by atoms with E-state index in [1.807, 2.05) is 6.08 Å². The van der Waals surface area contributed by atoms with Crippen molar-refractivity contribution >= 4 is 5.91 Å². The van der Waals surface area contributed by atoms with Gasteiger partial charge in [0, 0.05) is 13.6 Å². The van der Waals surface area contributed by atoms with E-state index in [4.69, 9.17) is 0 Å². The first-order chi connectivity index (χ1) is 6.13. The molecule has 0 saturated carbocycles. The molecule has 3 nitrogen and oxygen atoms in total. The Bertz CT molecular complexity index is 211. The van der Waals surface area contributed by atoms with Crippen LogP contribution in [-0.2, 0) is 4.79 Å². The molecule has 13 heavy (non-hydrogen) atoms. The number of amides is 1. The predicted molar refractivity (Wildman–Crippen MR) is 53.4 cm³/mol. The minimum absolute atomic E-state index is 0.0925. The van der Waals surface area contributed by atoms with E-state index in [2.05, 4.69) is 30.4 Å². The summed E-state index contributed by atoms with van der Waals surface area (Å²) in [6.45, 7) is 1.03. The van der Waals surface area contributed by atoms with Crippen LogP contribution in [-0.4, -0.2) is 38.5 Å². The van der Waals surface area contributed by atoms with Crippen LogP contribution >= 0.6 is 0 Å². The number of rotatable bonds is 3. The summed E-state index contributed by atoms with van der Waals surface area (Å²) in [5.74, 6) is 0.768. The molecule has 1 amide bonds. The van der Waals surface area contributed by atoms with Gasteiger partial charge in [-0.1, -0.05) is 12.2 Å². The molecular weight excluding hydrogens is 164 g/mol. The Kier molecular flexibility index (Phi) is 3.48. The molecule has 0 bridgehead atoms. The van der Waals surface area contributed by atoms with E-state index in [9.17, 15) is 4.79 Å². The molecule has 0 aliphatic heterocycles. The quantitative estimate of drug-likeness (QED) is 0.644. The van der Waals surface area contributed by atoms with Gasteiger partial charge in [-0.05, 0) is 26.4 Å². The number of nitrogens with one attached hydrogen (secondary N) is 1. The van der Waals surface area contributed by atoms with Crippen molar-refractivity contribution in [1.82, 2.24) is 10.2 Å². The van der Waals surface area contributed by atoms with Gasteiger partial charge < -0.3 is 10.2 Å². The zero-order valence-corrected chi connectivity index (χ0v) is 8.58. The third-order valence-corrected chi connectivity index (χ3v) is 2.36. The average molecular weight is 182 g/mol. The van der Waals surface area contributed by atoms with Gasteiger partial charge in [-0.2, -0.15) is 0 Å². The van der Waals surface area contributed by atoms with Gasteiger partial charge in [0.1, 0.15) is 0 Å². The standard InChI is InChI=1S/C10H18N2O/c1-11-10(13)9-5-4-8(6-9)7-12(2)3/h4-5,8-9H,6-7H2,1-3H3,(H,11,13)/t8-,9+/m1/s1. The van der Waals surface area contributed by atoms with E-state index in [0.717, 1.165) is 13.0 Å². The van der Waals surface area contributed by atoms with Crippen molar-refractivity contribution < 1.29 is 4.79 Å². The van der Waals surface area contributed by atoms with Gasteiger partial charge >= 0.3 is 0 Å². The van der Waals surface area contributed by atoms with Crippen molar-refractivity contribution in [3.05, 3.63) is 12.2 Å². The summed E-state index contributed by atoms with van der Waals surface area (Å²) in [6, 6.07) is 0. The van der Waals surface area contributed by atoms with E-state index in [1.165, 1.54) is 0 Å². The zero-order valence-electron chi connectivity index (χ0n) is 8.58. The lowest BCUT2D eigenvalue weighted by molar-refractivity contribution is -0.123. The first kappa shape index (κ1) is 10.3. The summed E-state index contributed by atoms with van der Waals surface area (Å²) in [7, 11) is 5.80. The maximum Gasteiger partial charge on any atom is 0.226 e. The second-order valence-electron chi connectivity index (χ2n) is 3.86. The second-order valence-corrected chi connectivity index (χ2v) is 3.86. The molecule has 1 rings (SSSR count). The van der Waals surface area contributed by atoms with Gasteiger partial charge in [0.05, 0.1) is 5.92 Å². The highest BCUT2D eigenvalue weighted by molar-refractivity contribution is 5.80. The summed E-state index contributed by atoms with van der Waals surface area (Å²) in [6.07, 6.45) is 5.13. The minimum Gasteiger partial charge on any atom is -0.359 e. The Labute approximate surface area is 79.8 Å². The Hall–Kier alpha value is -0.830. The molecule has 0 radical (unpaired) electrons. The zero-order chi connectivity index (χ0) is 9.84. The van der Waals surface area contributed by atoms with Crippen LogP contribution in [0.1, 0.15) is 6.42 Å². The fraction of sp³-hybridized carbons (Fsp3) is 0.700. The van der Waals surface area contributed by atoms with Crippen molar-refractivity contribution in [2.45, 2.75) is 6.42 Å². The van der Waals surface area contributed by atoms with Crippen molar-refractivity contribution in [1.29, 1.82) is 0 Å². The van der Waals surface area contributed by atoms with Gasteiger partial charge in [-0.15, -0.1) is 0 Å². The lowest BCUT2D eigenvalue weighted by atomic mass is 10.0. The number of hydrogen-bond donors (Lipinski definition) is 1. The molecule has 0 heterocycles. The fourth-order valence-corrected chi connectivity index (χ4v) is 1.76. The summed E-state index contributed by atoms with van der Waals surface area (Å²) in [5.41, 5.74) is 0. The van der Waals surface area contributed by atoms with E-state index in [1.54, 1.807) is 7.05 Å². The van der Waals surface area contributed by atoms with Crippen LogP contribution in [0.5, 0.6) is 0 Å². The van der Waals surface area contributed by atoms with Crippen LogP contribution in [0.4, 0.5) is 0 Å². The third-order valence-electron chi connectivity index (χ3n) is 2.36. The largest absolute Gasteiger partial charge is 0.359 e. The number of carbonyl (C=O) groups excluding carboxylic acids is 1. The first-order valence-corrected chi connectivity index (χ1v) is 4.68. The van der Waals surface area contributed by atoms with E-state index >= 15 is 0 Å². The lowest BCUT2D eigenvalue weighted by Crippen LogP contribution is -2.27. The topological polar surface area (TPSA) is 32.3 Å². The summed E-state index contributed by atoms with van der Waals surface area (Å²) in [5, 5.41) is 2.68. The molecular formula is C10H18N2O. The van der Waals surface area contributed by atoms with Gasteiger partial charge in [0.2, 0.25) is 5.91 Å². The highest BCUT2D eigenvalue weighted by Gasteiger charge is 2.23. The first-order valence-electron chi connectivity index (χ1n) is 4.68. The highest BCUT2D eigenvalue weighted by atomic mass is 16.1. The van der Waals surface area contributed by atoms with Crippen LogP contribution in [0.3, 0.4) is 0 Å². The van der Waals surface area contributed by atoms with Crippen molar-refractivity contribution in [2.24, 2.45) is 11.8 Å². The van der Waals surface area contributed by atoms with Gasteiger partial charge in [-0.3, -0.25) is 4.79 Å². The number of carbonyl (C=O) groups is 1. The predicted octanol–water partition coefficient (Wildman–Crippen LogP) is 0.486. The molecule has 1 N–H and O–H groups in total. The number of nitrogens with zero attached hydrogens (tertiary/aromatic N) is 1. The van der Waals surface area contributed by atoms with Crippen molar-refractivity contribution in [2.75, 3.05) is 27.7 Å². The molecule has 2 atom stereocenters. The Morgan fingerprint density at radius 1 is 1.54 bits per heavy atom. The molecule has 1 aliphatic carbocycles. The maximum atomic E-state index is 11.3. The summed E-state index contributed by atoms with van der Waals surface area (Å²) >= 11 is 0. The molecule has 0 aromatic heterocycles. The molecule has 0 fully saturated rings. The second kappa shape index (κ2) is 4.42. The average Bonchev–Trinajstić information content (AvgIpc) is 2.50. The molecule has 74 valence electrons. The summed E-state index contributed by atoms with van der Waals surface area (Å²) < 4.78 is 0. The van der Waals surface area contributed by atoms with Crippen LogP contribution < -0.4 is 5.32 Å². The van der Waals surface area contributed by atoms with E-state index in [0.29, 0.717) is 5.92 Å². The normalized spacial score (nSPS) is 26.8. The molecule has 0 aromatic carbocycles. The van der Waals surface area contributed by atoms with Crippen LogP contribution in [0.15, 0.2) is 12.2 Å². The molecule has 3 heteroatoms. The van der Waals surface area contributed by atoms with E-state index in [-0.39, 0.29) is 11.8 Å². The molecule has 0 aromatic rings. The molecule has 0 saturated heterocycles. The van der Waals surface area contributed by atoms with Crippen molar-refractivity contribution in [3.8, 4) is 0 Å². The van der Waals surface area contributed by atoms with Gasteiger partial charge in [0.25, 0.3) is 0 Å². The van der Waals surface area contributed by atoms with Crippen LogP contribution in [0.2, 0.25) is 0 Å². The lowest BCUT2D eigenvalue weighted by Gasteiger charge is -2.15. The van der Waals surface area contributed by atoms with Crippen LogP contribution in [0.25, 0.3) is 0 Å². The summed E-state index contributed by atoms with van der Waals surface area (Å²) in [4.78, 5) is 13.4. The highest BCUT2D eigenvalue weighted by Crippen LogP contribution is 2.23. The van der Waals surface area contributed by atoms with E-state index < -0.39 is 0 Å². The van der Waals surface area contributed by atoms with Crippen molar-refractivity contribution in [3.63, 3.8) is 0 Å². The Morgan fingerprint density at radius 3 is 2.77 bits per heavy atom. The van der Waals surface area contributed by atoms with Gasteiger partial charge in [-0.25, -0.2) is 0 Å². The SMILES string of the molecule is CNC(=O)[C@H]1C=C[C@@H](CN(C)C)C1. The third kappa shape index (κ3) is 2.84. The fourth-order valence-electron chi connectivity index (χ4n) is 1.76. The number of hydrogen-bond acceptors (Lipinski definition) is 2. The maximum absolute atomic E-state index is 11.3. The molecule has 1 aliphatic rings. The smallest absolute Gasteiger partial charge is 0.226 e. The molecule has 0 unspecified atom stereocenters. The Morgan fingerprint density at radius 2 is 2.23 bits per heavy atom. The minimum atomic E-state index is 0.0925. The monoisotopic (exact) mass is 182 g/mol. The van der Waals surface area contributed by atoms with Crippen LogP contribution in [0, 0.1) is 11.8 Å². The molecule has 0 spiro atoms.